The molecule has 0 fully saturated rings. The van der Waals surface area contributed by atoms with Crippen LogP contribution in [0.15, 0.2) is 431 Å². The Morgan fingerprint density at radius 3 is 1.22 bits per heavy atom. The van der Waals surface area contributed by atoms with E-state index < -0.39 is 8.07 Å². The maximum atomic E-state index is 2.52. The first kappa shape index (κ1) is 66.8. The minimum atomic E-state index is -3.15. The van der Waals surface area contributed by atoms with Gasteiger partial charge in [-0.1, -0.05) is 315 Å². The van der Waals surface area contributed by atoms with Gasteiger partial charge in [0.05, 0.1) is 33.1 Å². The summed E-state index contributed by atoms with van der Waals surface area (Å²) in [5, 5.41) is 25.1. The van der Waals surface area contributed by atoms with Crippen LogP contribution < -0.4 is 20.7 Å². The zero-order valence-electron chi connectivity index (χ0n) is 63.7. The topological polar surface area (TPSA) is 14.8 Å². The van der Waals surface area contributed by atoms with Crippen LogP contribution in [0.2, 0.25) is 0 Å². The van der Waals surface area contributed by atoms with E-state index in [0.29, 0.717) is 0 Å². The van der Waals surface area contributed by atoms with Crippen LogP contribution in [0.1, 0.15) is 0 Å². The second-order valence-electron chi connectivity index (χ2n) is 31.3. The molecule has 0 radical (unpaired) electrons. The second-order valence-corrected chi connectivity index (χ2v) is 36.1. The average molecular weight is 1520 g/mol. The van der Waals surface area contributed by atoms with E-state index in [1.165, 1.54) is 177 Å². The maximum Gasteiger partial charge on any atom is 0.181 e. The third-order valence-corrected chi connectivity index (χ3v) is 31.3. The van der Waals surface area contributed by atoms with Crippen LogP contribution in [0.4, 0.5) is 0 Å². The predicted molar refractivity (Wildman–Crippen MR) is 503 cm³/mol. The molecule has 20 aromatic carbocycles. The van der Waals surface area contributed by atoms with E-state index >= 15 is 0 Å². The molecule has 0 saturated heterocycles. The molecule has 0 aliphatic carbocycles. The van der Waals surface area contributed by atoms with Gasteiger partial charge < -0.3 is 13.7 Å². The van der Waals surface area contributed by atoms with Crippen LogP contribution in [0, 0.1) is 0 Å². The van der Waals surface area contributed by atoms with Crippen LogP contribution in [-0.2, 0) is 0 Å². The molecule has 4 aromatic heterocycles. The van der Waals surface area contributed by atoms with Crippen molar-refractivity contribution in [2.45, 2.75) is 0 Å². The van der Waals surface area contributed by atoms with Gasteiger partial charge in [-0.15, -0.1) is 11.3 Å². The molecule has 0 saturated carbocycles. The normalized spacial score (nSPS) is 12.1. The molecule has 544 valence electrons. The van der Waals surface area contributed by atoms with Crippen molar-refractivity contribution in [1.29, 1.82) is 0 Å². The zero-order chi connectivity index (χ0) is 76.8. The van der Waals surface area contributed by atoms with Crippen molar-refractivity contribution in [1.82, 2.24) is 13.7 Å². The Morgan fingerprint density at radius 1 is 0.179 bits per heavy atom. The molecule has 0 spiro atoms. The summed E-state index contributed by atoms with van der Waals surface area (Å²) in [6, 6.07) is 162. The number of aromatic nitrogens is 3. The van der Waals surface area contributed by atoms with Gasteiger partial charge in [-0.2, -0.15) is 0 Å². The van der Waals surface area contributed by atoms with Crippen LogP contribution in [0.5, 0.6) is 0 Å². The summed E-state index contributed by atoms with van der Waals surface area (Å²) in [5.74, 6) is 0. The first-order chi connectivity index (χ1) is 58.0. The number of para-hydroxylation sites is 5. The molecule has 5 heteroatoms. The van der Waals surface area contributed by atoms with E-state index in [9.17, 15) is 0 Å². The van der Waals surface area contributed by atoms with E-state index in [-0.39, 0.29) is 0 Å². The van der Waals surface area contributed by atoms with Crippen LogP contribution in [-0.4, -0.2) is 21.8 Å². The van der Waals surface area contributed by atoms with Crippen LogP contribution in [0.25, 0.3) is 201 Å². The average Bonchev–Trinajstić information content (AvgIpc) is 1.53. The number of rotatable bonds is 12. The summed E-state index contributed by atoms with van der Waals surface area (Å²) < 4.78 is 10.1. The lowest BCUT2D eigenvalue weighted by atomic mass is 9.88. The minimum Gasteiger partial charge on any atom is -0.309 e. The highest BCUT2D eigenvalue weighted by molar-refractivity contribution is 7.31. The molecule has 4 heterocycles. The van der Waals surface area contributed by atoms with Crippen molar-refractivity contribution < 1.29 is 0 Å². The molecule has 24 aromatic rings. The number of hydrogen-bond acceptors (Lipinski definition) is 1. The molecule has 0 aliphatic heterocycles. The molecule has 0 amide bonds. The minimum absolute atomic E-state index is 1.12. The highest BCUT2D eigenvalue weighted by atomic mass is 32.1. The summed E-state index contributed by atoms with van der Waals surface area (Å²) in [5.41, 5.74) is 22.4. The van der Waals surface area contributed by atoms with Gasteiger partial charge in [0, 0.05) is 75.1 Å². The third-order valence-electron chi connectivity index (χ3n) is 25.1. The van der Waals surface area contributed by atoms with E-state index in [2.05, 4.69) is 444 Å². The van der Waals surface area contributed by atoms with Gasteiger partial charge in [-0.05, 0) is 229 Å². The first-order valence-electron chi connectivity index (χ1n) is 40.4. The van der Waals surface area contributed by atoms with Crippen LogP contribution >= 0.6 is 11.3 Å². The summed E-state index contributed by atoms with van der Waals surface area (Å²) in [6.07, 6.45) is 0. The lowest BCUT2D eigenvalue weighted by Crippen LogP contribution is -2.74. The molecule has 0 N–H and O–H groups in total. The van der Waals surface area contributed by atoms with Gasteiger partial charge in [-0.3, -0.25) is 0 Å². The fourth-order valence-electron chi connectivity index (χ4n) is 19.9. The number of benzene rings is 20. The lowest BCUT2D eigenvalue weighted by molar-refractivity contribution is 1.15. The van der Waals surface area contributed by atoms with Gasteiger partial charge >= 0.3 is 0 Å². The number of thiophene rings is 1. The zero-order valence-corrected chi connectivity index (χ0v) is 65.6. The van der Waals surface area contributed by atoms with E-state index in [1.807, 2.05) is 11.3 Å². The predicted octanol–water partition coefficient (Wildman–Crippen LogP) is 27.7. The van der Waals surface area contributed by atoms with Gasteiger partial charge in [0.1, 0.15) is 0 Å². The third kappa shape index (κ3) is 10.4. The van der Waals surface area contributed by atoms with E-state index in [1.54, 1.807) is 0 Å². The molecule has 0 atom stereocenters. The van der Waals surface area contributed by atoms with Gasteiger partial charge in [0.15, 0.2) is 8.07 Å². The fourth-order valence-corrected chi connectivity index (χ4v) is 26.6. The molecule has 0 unspecified atom stereocenters. The Morgan fingerprint density at radius 2 is 0.598 bits per heavy atom. The quantitative estimate of drug-likeness (QED) is 0.0658. The molecular weight excluding hydrogens is 1450 g/mol. The largest absolute Gasteiger partial charge is 0.309 e. The standard InChI is InChI=1S/C112H71N3SSi/c1-5-30-83(31-6-1)114-106-52-24-21-46-95(106)96-59-60-97-103-68-76(58-61-107(103)115(110(97)109(96)114)84-32-7-2-8-33-84)80-65-79(66-82(67-80)101-69-78-29-14-15-40-89(78)91-42-17-18-43-92(91)101)74-56-54-73-63-75(57-55-72(73)62-74)81-64-77-28-13-16-41-90(77)102(70-81)100-48-26-47-98-99-49-27-53-108(112(99)116-111(98)100)117(86-35-9-3-10-36-86,87-37-11-4-12-38-87)88-39-25-34-85(71-88)113-104-50-22-19-44-93(104)94-45-20-23-51-105(94)113/h1-71H. The van der Waals surface area contributed by atoms with Gasteiger partial charge in [0.25, 0.3) is 0 Å². The highest BCUT2D eigenvalue weighted by Crippen LogP contribution is 2.48. The fraction of sp³-hybridized carbons (Fsp3) is 0. The summed E-state index contributed by atoms with van der Waals surface area (Å²) in [6.45, 7) is 0. The Labute approximate surface area is 681 Å². The first-order valence-corrected chi connectivity index (χ1v) is 43.2. The van der Waals surface area contributed by atoms with Crippen molar-refractivity contribution in [3.63, 3.8) is 0 Å². The van der Waals surface area contributed by atoms with Gasteiger partial charge in [0.2, 0.25) is 0 Å². The molecule has 24 rings (SSSR count). The van der Waals surface area contributed by atoms with E-state index in [4.69, 9.17) is 0 Å². The maximum absolute atomic E-state index is 3.15. The number of nitrogens with zero attached hydrogens (tertiary/aromatic N) is 3. The smallest absolute Gasteiger partial charge is 0.181 e. The summed E-state index contributed by atoms with van der Waals surface area (Å²) in [7, 11) is -3.15. The number of fused-ring (bicyclic) bond motifs is 18. The lowest BCUT2D eigenvalue weighted by Gasteiger charge is -2.35. The highest BCUT2D eigenvalue weighted by Gasteiger charge is 2.43. The summed E-state index contributed by atoms with van der Waals surface area (Å²) in [4.78, 5) is 0. The summed E-state index contributed by atoms with van der Waals surface area (Å²) >= 11 is 1.97. The molecule has 0 aliphatic rings. The van der Waals surface area contributed by atoms with Crippen molar-refractivity contribution in [3.8, 4) is 72.7 Å². The van der Waals surface area contributed by atoms with E-state index in [0.717, 1.165) is 44.8 Å². The molecule has 117 heavy (non-hydrogen) atoms. The molecular formula is C112H71N3SSi. The molecule has 3 nitrogen and oxygen atoms in total. The molecule has 0 bridgehead atoms. The van der Waals surface area contributed by atoms with Crippen molar-refractivity contribution in [2.24, 2.45) is 0 Å². The SMILES string of the molecule is c1ccc(-n2c3ccccc3c3ccc4c5cc(-c6cc(-c7ccc8cc(-c9cc(-c%10cccc%11c%10sc%10c([Si](c%12ccccc%12)(c%12ccccc%12)c%12cccc(-n%13c%14ccccc%14c%14ccccc%14%13)c%12)cccc%10%11)c%10ccccc%10c9)ccc8c7)cc(-c7cc8ccccc8c8ccccc78)c6)ccc5n(-c5ccccc5)c4c32)cc1. The monoisotopic (exact) mass is 1520 g/mol. The Hall–Kier alpha value is -14.7. The van der Waals surface area contributed by atoms with Crippen molar-refractivity contribution in [3.05, 3.63) is 431 Å². The Balaban J connectivity index is 0.650. The Bertz CT molecular complexity index is 8100. The van der Waals surface area contributed by atoms with Crippen molar-refractivity contribution in [2.75, 3.05) is 0 Å². The Kier molecular flexibility index (Phi) is 15.3. The second kappa shape index (κ2) is 26.7. The van der Waals surface area contributed by atoms with Crippen LogP contribution in [0.3, 0.4) is 0 Å². The van der Waals surface area contributed by atoms with Crippen molar-refractivity contribution >= 4 is 169 Å². The number of hydrogen-bond donors (Lipinski definition) is 0. The van der Waals surface area contributed by atoms with Gasteiger partial charge in [-0.25, -0.2) is 0 Å².